The average molecular weight is 457 g/mol. The lowest BCUT2D eigenvalue weighted by Crippen LogP contribution is -2.55. The van der Waals surface area contributed by atoms with Crippen LogP contribution in [0.5, 0.6) is 0 Å². The first-order valence-corrected chi connectivity index (χ1v) is 13.5. The molecule has 3 nitrogen and oxygen atoms in total. The van der Waals surface area contributed by atoms with Crippen LogP contribution in [0.2, 0.25) is 0 Å². The summed E-state index contributed by atoms with van der Waals surface area (Å²) in [6.45, 7) is 17.6. The molecule has 186 valence electrons. The summed E-state index contributed by atoms with van der Waals surface area (Å²) in [7, 11) is 0. The van der Waals surface area contributed by atoms with E-state index in [4.69, 9.17) is 0 Å². The van der Waals surface area contributed by atoms with Gasteiger partial charge >= 0.3 is 0 Å². The zero-order valence-electron chi connectivity index (χ0n) is 22.4. The lowest BCUT2D eigenvalue weighted by atomic mass is 9.49. The summed E-state index contributed by atoms with van der Waals surface area (Å²) >= 11 is 0. The second-order valence-corrected chi connectivity index (χ2v) is 13.6. The molecule has 4 aliphatic carbocycles. The Hall–Kier alpha value is -0.930. The summed E-state index contributed by atoms with van der Waals surface area (Å²) in [6.07, 6.45) is 9.17. The Kier molecular flexibility index (Phi) is 6.14. The highest BCUT2D eigenvalue weighted by Gasteiger charge is 2.65. The Labute approximate surface area is 202 Å². The van der Waals surface area contributed by atoms with Gasteiger partial charge in [-0.2, -0.15) is 0 Å². The number of hydrogen-bond acceptors (Lipinski definition) is 3. The molecule has 0 unspecified atom stereocenters. The predicted octanol–water partition coefficient (Wildman–Crippen LogP) is 6.63. The molecule has 4 aliphatic rings. The normalized spacial score (nSPS) is 45.2. The number of hydrogen-bond donors (Lipinski definition) is 2. The minimum atomic E-state index is -0.750. The van der Waals surface area contributed by atoms with Crippen molar-refractivity contribution < 1.29 is 15.0 Å². The van der Waals surface area contributed by atoms with Crippen LogP contribution in [0, 0.1) is 39.9 Å². The van der Waals surface area contributed by atoms with E-state index < -0.39 is 17.1 Å². The van der Waals surface area contributed by atoms with E-state index in [1.165, 1.54) is 16.7 Å². The molecule has 0 radical (unpaired) electrons. The van der Waals surface area contributed by atoms with E-state index in [0.717, 1.165) is 38.5 Å². The number of rotatable bonds is 4. The van der Waals surface area contributed by atoms with E-state index in [0.29, 0.717) is 24.5 Å². The number of fused-ring (bicyclic) bond motifs is 4. The first kappa shape index (κ1) is 25.2. The summed E-state index contributed by atoms with van der Waals surface area (Å²) in [6, 6.07) is 0. The maximum atomic E-state index is 12.8. The van der Waals surface area contributed by atoms with Gasteiger partial charge in [-0.25, -0.2) is 0 Å². The van der Waals surface area contributed by atoms with Crippen LogP contribution >= 0.6 is 0 Å². The molecule has 0 aromatic rings. The van der Waals surface area contributed by atoms with Crippen LogP contribution in [-0.2, 0) is 4.79 Å². The van der Waals surface area contributed by atoms with Crippen molar-refractivity contribution in [1.82, 2.24) is 0 Å². The van der Waals surface area contributed by atoms with Crippen molar-refractivity contribution in [3.8, 4) is 0 Å². The minimum absolute atomic E-state index is 0.0486. The van der Waals surface area contributed by atoms with Crippen molar-refractivity contribution >= 4 is 5.78 Å². The van der Waals surface area contributed by atoms with E-state index in [2.05, 4.69) is 61.5 Å². The Morgan fingerprint density at radius 1 is 1.09 bits per heavy atom. The van der Waals surface area contributed by atoms with Crippen LogP contribution in [-0.4, -0.2) is 27.7 Å². The molecule has 0 aromatic carbocycles. The van der Waals surface area contributed by atoms with Crippen molar-refractivity contribution in [2.45, 2.75) is 118 Å². The predicted molar refractivity (Wildman–Crippen MR) is 135 cm³/mol. The van der Waals surface area contributed by atoms with Crippen molar-refractivity contribution in [2.75, 3.05) is 0 Å². The molecule has 4 rings (SSSR count). The fraction of sp³-hybridized carbons (Fsp3) is 0.833. The highest BCUT2D eigenvalue weighted by Crippen LogP contribution is 2.70. The van der Waals surface area contributed by atoms with Crippen LogP contribution in [0.4, 0.5) is 0 Å². The molecule has 33 heavy (non-hydrogen) atoms. The van der Waals surface area contributed by atoms with Crippen LogP contribution in [0.15, 0.2) is 22.8 Å². The minimum Gasteiger partial charge on any atom is -0.390 e. The fourth-order valence-corrected chi connectivity index (χ4v) is 9.17. The molecule has 2 fully saturated rings. The topological polar surface area (TPSA) is 57.5 Å². The Bertz CT molecular complexity index is 873. The first-order chi connectivity index (χ1) is 15.2. The molecule has 0 bridgehead atoms. The smallest absolute Gasteiger partial charge is 0.138 e. The second-order valence-electron chi connectivity index (χ2n) is 13.6. The maximum absolute atomic E-state index is 12.8. The van der Waals surface area contributed by atoms with E-state index in [9.17, 15) is 15.0 Å². The molecule has 8 atom stereocenters. The molecule has 3 heteroatoms. The monoisotopic (exact) mass is 456 g/mol. The number of Topliss-reactive ketones (excluding diaryl/α,β-unsaturated/α-hetero) is 1. The molecule has 0 aromatic heterocycles. The van der Waals surface area contributed by atoms with Crippen LogP contribution in [0.25, 0.3) is 0 Å². The number of allylic oxidation sites excluding steroid dienone is 3. The van der Waals surface area contributed by atoms with Crippen molar-refractivity contribution in [3.05, 3.63) is 22.8 Å². The van der Waals surface area contributed by atoms with Gasteiger partial charge in [0, 0.05) is 17.8 Å². The lowest BCUT2D eigenvalue weighted by Gasteiger charge is -2.56. The zero-order chi connectivity index (χ0) is 24.6. The number of aliphatic hydroxyl groups is 2. The molecule has 0 saturated heterocycles. The average Bonchev–Trinajstić information content (AvgIpc) is 3.03. The largest absolute Gasteiger partial charge is 0.390 e. The first-order valence-electron chi connectivity index (χ1n) is 13.5. The Balaban J connectivity index is 1.67. The van der Waals surface area contributed by atoms with Gasteiger partial charge in [0.2, 0.25) is 0 Å². The summed E-state index contributed by atoms with van der Waals surface area (Å²) in [4.78, 5) is 12.8. The summed E-state index contributed by atoms with van der Waals surface area (Å²) < 4.78 is 0. The van der Waals surface area contributed by atoms with Crippen LogP contribution in [0.1, 0.15) is 107 Å². The molecule has 0 heterocycles. The zero-order valence-corrected chi connectivity index (χ0v) is 22.4. The van der Waals surface area contributed by atoms with Crippen LogP contribution < -0.4 is 0 Å². The third kappa shape index (κ3) is 3.63. The molecule has 2 saturated carbocycles. The van der Waals surface area contributed by atoms with Crippen molar-refractivity contribution in [3.63, 3.8) is 0 Å². The van der Waals surface area contributed by atoms with Gasteiger partial charge in [-0.3, -0.25) is 4.79 Å². The highest BCUT2D eigenvalue weighted by atomic mass is 16.3. The van der Waals surface area contributed by atoms with Gasteiger partial charge in [0.05, 0.1) is 11.7 Å². The second kappa shape index (κ2) is 8.05. The molecule has 0 spiro atoms. The fourth-order valence-electron chi connectivity index (χ4n) is 9.17. The number of carbonyl (C=O) groups is 1. The summed E-state index contributed by atoms with van der Waals surface area (Å²) in [5.41, 5.74) is 2.67. The lowest BCUT2D eigenvalue weighted by molar-refractivity contribution is -0.140. The highest BCUT2D eigenvalue weighted by molar-refractivity contribution is 5.86. The molecular weight excluding hydrogens is 408 g/mol. The summed E-state index contributed by atoms with van der Waals surface area (Å²) in [5, 5.41) is 23.6. The van der Waals surface area contributed by atoms with Gasteiger partial charge in [-0.15, -0.1) is 0 Å². The SMILES string of the molecule is CC(C)=CCC[C@@H](C)[C@H]1CC[C@@]2(C)C3=C(C[C@H]2[C@]1(C)O)[C@@]1(C)CCC(=O)C(C)(C)[C@@H]1C[C@H]3O. The van der Waals surface area contributed by atoms with Crippen molar-refractivity contribution in [2.24, 2.45) is 39.9 Å². The van der Waals surface area contributed by atoms with Gasteiger partial charge in [-0.1, -0.05) is 51.8 Å². The standard InChI is InChI=1S/C30H48O3/c1-18(2)10-9-11-19(3)20-12-14-29(7)24(30(20,8)33)16-21-26(29)22(31)17-23-27(4,5)25(32)13-15-28(21,23)6/h10,19-20,22-24,31,33H,9,11-17H2,1-8H3/t19-,20-,22-,23+,24-,28-,29-,30-/m1/s1. The van der Waals surface area contributed by atoms with Gasteiger partial charge < -0.3 is 10.2 Å². The van der Waals surface area contributed by atoms with E-state index in [1.807, 2.05) is 0 Å². The van der Waals surface area contributed by atoms with Gasteiger partial charge in [0.1, 0.15) is 5.78 Å². The van der Waals surface area contributed by atoms with Gasteiger partial charge in [-0.05, 0) is 99.9 Å². The third-order valence-corrected chi connectivity index (χ3v) is 11.1. The van der Waals surface area contributed by atoms with Gasteiger partial charge in [0.25, 0.3) is 0 Å². The maximum Gasteiger partial charge on any atom is 0.138 e. The van der Waals surface area contributed by atoms with Crippen molar-refractivity contribution in [1.29, 1.82) is 0 Å². The Morgan fingerprint density at radius 3 is 2.39 bits per heavy atom. The van der Waals surface area contributed by atoms with E-state index in [-0.39, 0.29) is 28.6 Å². The molecule has 0 amide bonds. The van der Waals surface area contributed by atoms with Gasteiger partial charge in [0.15, 0.2) is 0 Å². The molecule has 0 aliphatic heterocycles. The third-order valence-electron chi connectivity index (χ3n) is 11.1. The number of aliphatic hydroxyl groups excluding tert-OH is 1. The van der Waals surface area contributed by atoms with E-state index in [1.54, 1.807) is 0 Å². The van der Waals surface area contributed by atoms with E-state index >= 15 is 0 Å². The summed E-state index contributed by atoms with van der Waals surface area (Å²) in [5.74, 6) is 1.42. The Morgan fingerprint density at radius 2 is 1.76 bits per heavy atom. The number of ketones is 1. The van der Waals surface area contributed by atoms with Crippen LogP contribution in [0.3, 0.4) is 0 Å². The molecule has 2 N–H and O–H groups in total. The molecular formula is C30H48O3. The number of carbonyl (C=O) groups excluding carboxylic acids is 1. The quantitative estimate of drug-likeness (QED) is 0.467.